The predicted molar refractivity (Wildman–Crippen MR) is 90.5 cm³/mol. The molecule has 4 heteroatoms. The van der Waals surface area contributed by atoms with Crippen LogP contribution in [0.5, 0.6) is 5.75 Å². The summed E-state index contributed by atoms with van der Waals surface area (Å²) in [4.78, 5) is 11.5. The van der Waals surface area contributed by atoms with Crippen LogP contribution in [0.2, 0.25) is 0 Å². The molecule has 2 N–H and O–H groups in total. The van der Waals surface area contributed by atoms with Gasteiger partial charge < -0.3 is 15.2 Å². The number of hydrogen-bond donors (Lipinski definition) is 1. The van der Waals surface area contributed by atoms with Crippen molar-refractivity contribution in [1.29, 1.82) is 0 Å². The summed E-state index contributed by atoms with van der Waals surface area (Å²) in [5.74, 6) is 0.387. The Balaban J connectivity index is 2.09. The number of esters is 1. The number of rotatable bonds is 8. The molecule has 2 aromatic carbocycles. The van der Waals surface area contributed by atoms with Crippen LogP contribution in [-0.4, -0.2) is 19.6 Å². The van der Waals surface area contributed by atoms with E-state index in [4.69, 9.17) is 15.2 Å². The number of ether oxygens (including phenoxy) is 2. The molecule has 0 aliphatic heterocycles. The van der Waals surface area contributed by atoms with Gasteiger partial charge in [-0.1, -0.05) is 30.3 Å². The number of hydrogen-bond acceptors (Lipinski definition) is 4. The third-order valence-electron chi connectivity index (χ3n) is 3.65. The summed E-state index contributed by atoms with van der Waals surface area (Å²) < 4.78 is 10.8. The number of carbonyl (C=O) groups is 1. The summed E-state index contributed by atoms with van der Waals surface area (Å²) in [7, 11) is 1.37. The van der Waals surface area contributed by atoms with Gasteiger partial charge in [-0.2, -0.15) is 0 Å². The average molecular weight is 313 g/mol. The van der Waals surface area contributed by atoms with E-state index in [1.165, 1.54) is 7.11 Å². The second-order valence-electron chi connectivity index (χ2n) is 5.32. The highest BCUT2D eigenvalue weighted by Gasteiger charge is 2.13. The van der Waals surface area contributed by atoms with E-state index in [0.29, 0.717) is 12.1 Å². The van der Waals surface area contributed by atoms with Crippen molar-refractivity contribution in [2.45, 2.75) is 25.4 Å². The van der Waals surface area contributed by atoms with Crippen molar-refractivity contribution in [2.24, 2.45) is 5.73 Å². The number of carbonyl (C=O) groups excluding carboxylic acids is 1. The minimum Gasteiger partial charge on any atom is -0.486 e. The zero-order valence-corrected chi connectivity index (χ0v) is 13.4. The molecule has 0 heterocycles. The molecule has 0 bridgehead atoms. The molecule has 0 aliphatic rings. The Kier molecular flexibility index (Phi) is 6.63. The van der Waals surface area contributed by atoms with E-state index in [2.05, 4.69) is 12.1 Å². The Morgan fingerprint density at radius 1 is 1.04 bits per heavy atom. The Hall–Kier alpha value is -2.33. The molecule has 4 nitrogen and oxygen atoms in total. The Bertz CT molecular complexity index is 596. The van der Waals surface area contributed by atoms with Crippen LogP contribution in [0.4, 0.5) is 0 Å². The average Bonchev–Trinajstić information content (AvgIpc) is 2.61. The normalized spacial score (nSPS) is 11.7. The Labute approximate surface area is 137 Å². The number of benzene rings is 2. The van der Waals surface area contributed by atoms with Crippen molar-refractivity contribution in [3.63, 3.8) is 0 Å². The fourth-order valence-electron chi connectivity index (χ4n) is 2.39. The first kappa shape index (κ1) is 17.0. The first-order valence-corrected chi connectivity index (χ1v) is 7.84. The van der Waals surface area contributed by atoms with Crippen molar-refractivity contribution in [1.82, 2.24) is 0 Å². The summed E-state index contributed by atoms with van der Waals surface area (Å²) in [6, 6.07) is 17.2. The lowest BCUT2D eigenvalue weighted by Crippen LogP contribution is -2.09. The SMILES string of the molecule is COC(=O)c1ccc(OC(CCCCN)c2ccccc2)cc1. The van der Waals surface area contributed by atoms with Crippen LogP contribution >= 0.6 is 0 Å². The Morgan fingerprint density at radius 2 is 1.74 bits per heavy atom. The maximum absolute atomic E-state index is 11.5. The van der Waals surface area contributed by atoms with Gasteiger partial charge in [0.25, 0.3) is 0 Å². The van der Waals surface area contributed by atoms with Gasteiger partial charge in [-0.25, -0.2) is 4.79 Å². The molecule has 1 unspecified atom stereocenters. The largest absolute Gasteiger partial charge is 0.486 e. The van der Waals surface area contributed by atoms with Crippen LogP contribution < -0.4 is 10.5 Å². The van der Waals surface area contributed by atoms with Gasteiger partial charge in [0.2, 0.25) is 0 Å². The van der Waals surface area contributed by atoms with Crippen molar-refractivity contribution >= 4 is 5.97 Å². The van der Waals surface area contributed by atoms with Gasteiger partial charge in [-0.15, -0.1) is 0 Å². The topological polar surface area (TPSA) is 61.5 Å². The summed E-state index contributed by atoms with van der Waals surface area (Å²) >= 11 is 0. The van der Waals surface area contributed by atoms with Gasteiger partial charge in [-0.05, 0) is 55.6 Å². The lowest BCUT2D eigenvalue weighted by Gasteiger charge is -2.20. The standard InChI is InChI=1S/C19H23NO3/c1-22-19(21)16-10-12-17(13-11-16)23-18(9-5-6-14-20)15-7-3-2-4-8-15/h2-4,7-8,10-13,18H,5-6,9,14,20H2,1H3. The zero-order chi connectivity index (χ0) is 16.5. The highest BCUT2D eigenvalue weighted by molar-refractivity contribution is 5.89. The van der Waals surface area contributed by atoms with E-state index in [0.717, 1.165) is 30.6 Å². The van der Waals surface area contributed by atoms with Crippen molar-refractivity contribution in [3.8, 4) is 5.75 Å². The number of methoxy groups -OCH3 is 1. The zero-order valence-electron chi connectivity index (χ0n) is 13.4. The second kappa shape index (κ2) is 8.96. The molecule has 0 saturated carbocycles. The highest BCUT2D eigenvalue weighted by Crippen LogP contribution is 2.26. The van der Waals surface area contributed by atoms with Gasteiger partial charge in [-0.3, -0.25) is 0 Å². The van der Waals surface area contributed by atoms with Crippen LogP contribution in [0.25, 0.3) is 0 Å². The van der Waals surface area contributed by atoms with Crippen LogP contribution in [0.3, 0.4) is 0 Å². The number of nitrogens with two attached hydrogens (primary N) is 1. The van der Waals surface area contributed by atoms with Crippen LogP contribution in [0.15, 0.2) is 54.6 Å². The van der Waals surface area contributed by atoms with E-state index in [-0.39, 0.29) is 12.1 Å². The Morgan fingerprint density at radius 3 is 2.35 bits per heavy atom. The third-order valence-corrected chi connectivity index (χ3v) is 3.65. The minimum absolute atomic E-state index is 0.0215. The molecule has 0 saturated heterocycles. The van der Waals surface area contributed by atoms with Gasteiger partial charge >= 0.3 is 5.97 Å². The minimum atomic E-state index is -0.348. The molecule has 0 amide bonds. The maximum Gasteiger partial charge on any atom is 0.337 e. The van der Waals surface area contributed by atoms with Crippen LogP contribution in [-0.2, 0) is 4.74 Å². The molecular weight excluding hydrogens is 290 g/mol. The number of unbranched alkanes of at least 4 members (excludes halogenated alkanes) is 1. The van der Waals surface area contributed by atoms with E-state index in [1.54, 1.807) is 24.3 Å². The maximum atomic E-state index is 11.5. The fourth-order valence-corrected chi connectivity index (χ4v) is 2.39. The molecule has 0 spiro atoms. The summed E-state index contributed by atoms with van der Waals surface area (Å²) in [6.07, 6.45) is 2.87. The van der Waals surface area contributed by atoms with Gasteiger partial charge in [0.1, 0.15) is 11.9 Å². The molecule has 23 heavy (non-hydrogen) atoms. The summed E-state index contributed by atoms with van der Waals surface area (Å²) in [5.41, 5.74) is 7.23. The third kappa shape index (κ3) is 5.11. The van der Waals surface area contributed by atoms with Gasteiger partial charge in [0, 0.05) is 0 Å². The van der Waals surface area contributed by atoms with Crippen LogP contribution in [0.1, 0.15) is 41.3 Å². The van der Waals surface area contributed by atoms with E-state index >= 15 is 0 Å². The molecule has 0 radical (unpaired) electrons. The molecule has 0 aliphatic carbocycles. The van der Waals surface area contributed by atoms with E-state index in [9.17, 15) is 4.79 Å². The van der Waals surface area contributed by atoms with E-state index in [1.807, 2.05) is 18.2 Å². The van der Waals surface area contributed by atoms with Gasteiger partial charge in [0.15, 0.2) is 0 Å². The van der Waals surface area contributed by atoms with Crippen molar-refractivity contribution in [3.05, 3.63) is 65.7 Å². The quantitative estimate of drug-likeness (QED) is 0.596. The second-order valence-corrected chi connectivity index (χ2v) is 5.32. The predicted octanol–water partition coefficient (Wildman–Crippen LogP) is 3.72. The van der Waals surface area contributed by atoms with Gasteiger partial charge in [0.05, 0.1) is 12.7 Å². The molecule has 2 aromatic rings. The molecule has 1 atom stereocenters. The van der Waals surface area contributed by atoms with E-state index < -0.39 is 0 Å². The lowest BCUT2D eigenvalue weighted by molar-refractivity contribution is 0.0600. The van der Waals surface area contributed by atoms with Crippen molar-refractivity contribution in [2.75, 3.05) is 13.7 Å². The lowest BCUT2D eigenvalue weighted by atomic mass is 10.0. The molecule has 0 fully saturated rings. The smallest absolute Gasteiger partial charge is 0.337 e. The summed E-state index contributed by atoms with van der Waals surface area (Å²) in [5, 5.41) is 0. The molecular formula is C19H23NO3. The highest BCUT2D eigenvalue weighted by atomic mass is 16.5. The molecule has 0 aromatic heterocycles. The first-order chi connectivity index (χ1) is 11.2. The van der Waals surface area contributed by atoms with Crippen molar-refractivity contribution < 1.29 is 14.3 Å². The first-order valence-electron chi connectivity index (χ1n) is 7.84. The fraction of sp³-hybridized carbons (Fsp3) is 0.316. The monoisotopic (exact) mass is 313 g/mol. The van der Waals surface area contributed by atoms with Crippen LogP contribution in [0, 0.1) is 0 Å². The summed E-state index contributed by atoms with van der Waals surface area (Å²) in [6.45, 7) is 0.690. The molecule has 2 rings (SSSR count). The molecule has 122 valence electrons.